The van der Waals surface area contributed by atoms with Crippen molar-refractivity contribution in [3.05, 3.63) is 57.6 Å². The number of urea groups is 1. The Labute approximate surface area is 181 Å². The van der Waals surface area contributed by atoms with E-state index in [1.165, 1.54) is 13.2 Å². The number of aryl methyl sites for hydroxylation is 1. The minimum atomic E-state index is -0.800. The second-order valence-electron chi connectivity index (χ2n) is 6.26. The molecule has 3 rings (SSSR count). The second-order valence-corrected chi connectivity index (χ2v) is 7.12. The topological polar surface area (TPSA) is 84.9 Å². The van der Waals surface area contributed by atoms with Gasteiger partial charge in [0, 0.05) is 4.47 Å². The van der Waals surface area contributed by atoms with Crippen molar-refractivity contribution in [1.82, 2.24) is 5.32 Å². The maximum absolute atomic E-state index is 13.1. The van der Waals surface area contributed by atoms with Crippen LogP contribution in [0.15, 0.2) is 46.4 Å². The molecule has 0 unspecified atom stereocenters. The fourth-order valence-corrected chi connectivity index (χ4v) is 3.34. The van der Waals surface area contributed by atoms with Gasteiger partial charge in [0.2, 0.25) is 0 Å². The average molecular weight is 469 g/mol. The number of rotatable bonds is 5. The molecule has 0 aromatic heterocycles. The van der Waals surface area contributed by atoms with Crippen LogP contribution >= 0.6 is 15.9 Å². The van der Waals surface area contributed by atoms with E-state index in [-0.39, 0.29) is 12.2 Å². The van der Waals surface area contributed by atoms with Gasteiger partial charge >= 0.3 is 6.03 Å². The van der Waals surface area contributed by atoms with Gasteiger partial charge < -0.3 is 9.47 Å². The maximum Gasteiger partial charge on any atom is 0.335 e. The van der Waals surface area contributed by atoms with E-state index >= 15 is 0 Å². The first-order chi connectivity index (χ1) is 14.4. The number of imide groups is 2. The molecule has 2 aromatic rings. The number of halogens is 1. The summed E-state index contributed by atoms with van der Waals surface area (Å²) in [6.45, 7) is 1.82. The number of amides is 4. The summed E-state index contributed by atoms with van der Waals surface area (Å²) in [7, 11) is 1.46. The molecule has 1 aliphatic heterocycles. The molecular weight excluding hydrogens is 452 g/mol. The zero-order valence-corrected chi connectivity index (χ0v) is 17.8. The number of anilines is 1. The van der Waals surface area contributed by atoms with Gasteiger partial charge in [-0.25, -0.2) is 9.69 Å². The Morgan fingerprint density at radius 1 is 1.20 bits per heavy atom. The Hall–Kier alpha value is -3.57. The number of terminal acetylenes is 1. The van der Waals surface area contributed by atoms with Crippen LogP contribution in [0, 0.1) is 19.3 Å². The van der Waals surface area contributed by atoms with E-state index in [0.717, 1.165) is 4.90 Å². The van der Waals surface area contributed by atoms with E-state index in [9.17, 15) is 14.4 Å². The quantitative estimate of drug-likeness (QED) is 0.412. The van der Waals surface area contributed by atoms with Crippen molar-refractivity contribution >= 4 is 45.5 Å². The van der Waals surface area contributed by atoms with Gasteiger partial charge in [-0.15, -0.1) is 6.42 Å². The number of hydrogen-bond donors (Lipinski definition) is 1. The zero-order chi connectivity index (χ0) is 21.8. The maximum atomic E-state index is 13.1. The van der Waals surface area contributed by atoms with Gasteiger partial charge in [0.05, 0.1) is 12.8 Å². The number of ether oxygens (including phenoxy) is 2. The van der Waals surface area contributed by atoms with Gasteiger partial charge in [-0.2, -0.15) is 0 Å². The molecule has 30 heavy (non-hydrogen) atoms. The number of para-hydroxylation sites is 1. The molecule has 0 radical (unpaired) electrons. The van der Waals surface area contributed by atoms with Crippen molar-refractivity contribution in [1.29, 1.82) is 0 Å². The number of hydrogen-bond acceptors (Lipinski definition) is 5. The SMILES string of the molecule is C#CCOc1cc(Br)c(/C=C2\C(=O)NC(=O)N(c3ccccc3C)C2=O)cc1OC. The predicted octanol–water partition coefficient (Wildman–Crippen LogP) is 3.44. The number of benzene rings is 2. The van der Waals surface area contributed by atoms with Gasteiger partial charge in [-0.05, 0) is 42.3 Å². The van der Waals surface area contributed by atoms with E-state index in [2.05, 4.69) is 27.2 Å². The van der Waals surface area contributed by atoms with Gasteiger partial charge in [-0.1, -0.05) is 40.0 Å². The van der Waals surface area contributed by atoms with E-state index in [4.69, 9.17) is 15.9 Å². The Morgan fingerprint density at radius 3 is 2.60 bits per heavy atom. The third-order valence-corrected chi connectivity index (χ3v) is 5.04. The molecule has 1 aliphatic rings. The summed E-state index contributed by atoms with van der Waals surface area (Å²) in [6.07, 6.45) is 6.60. The summed E-state index contributed by atoms with van der Waals surface area (Å²) in [6, 6.07) is 9.32. The van der Waals surface area contributed by atoms with Crippen molar-refractivity contribution in [3.63, 3.8) is 0 Å². The van der Waals surface area contributed by atoms with Crippen molar-refractivity contribution in [2.75, 3.05) is 18.6 Å². The van der Waals surface area contributed by atoms with Gasteiger partial charge in [0.1, 0.15) is 12.2 Å². The summed E-state index contributed by atoms with van der Waals surface area (Å²) in [4.78, 5) is 38.8. The van der Waals surface area contributed by atoms with Crippen LogP contribution in [-0.4, -0.2) is 31.6 Å². The summed E-state index contributed by atoms with van der Waals surface area (Å²) in [5, 5.41) is 2.21. The summed E-state index contributed by atoms with van der Waals surface area (Å²) in [5.74, 6) is 1.63. The Morgan fingerprint density at radius 2 is 1.93 bits per heavy atom. The summed E-state index contributed by atoms with van der Waals surface area (Å²) in [5.41, 5.74) is 1.40. The minimum Gasteiger partial charge on any atom is -0.493 e. The molecule has 0 bridgehead atoms. The number of carbonyl (C=O) groups is 3. The van der Waals surface area contributed by atoms with E-state index in [1.54, 1.807) is 43.3 Å². The standard InChI is InChI=1S/C22H17BrN2O5/c1-4-9-30-19-12-16(23)14(11-18(19)29-3)10-15-20(26)24-22(28)25(21(15)27)17-8-6-5-7-13(17)2/h1,5-8,10-12H,9H2,2-3H3,(H,24,26,28)/b15-10+. The number of methoxy groups -OCH3 is 1. The fraction of sp³-hybridized carbons (Fsp3) is 0.136. The molecule has 4 amide bonds. The van der Waals surface area contributed by atoms with Crippen LogP contribution in [0.4, 0.5) is 10.5 Å². The number of nitrogens with one attached hydrogen (secondary N) is 1. The molecule has 1 fully saturated rings. The monoisotopic (exact) mass is 468 g/mol. The molecule has 0 aliphatic carbocycles. The number of carbonyl (C=O) groups excluding carboxylic acids is 3. The van der Waals surface area contributed by atoms with Gasteiger partial charge in [-0.3, -0.25) is 14.9 Å². The lowest BCUT2D eigenvalue weighted by molar-refractivity contribution is -0.122. The van der Waals surface area contributed by atoms with Crippen LogP contribution in [-0.2, 0) is 9.59 Å². The summed E-state index contributed by atoms with van der Waals surface area (Å²) < 4.78 is 11.3. The molecule has 0 saturated carbocycles. The smallest absolute Gasteiger partial charge is 0.335 e. The average Bonchev–Trinajstić information content (AvgIpc) is 2.71. The van der Waals surface area contributed by atoms with Crippen molar-refractivity contribution in [2.45, 2.75) is 6.92 Å². The van der Waals surface area contributed by atoms with Crippen molar-refractivity contribution in [3.8, 4) is 23.8 Å². The molecule has 0 spiro atoms. The Kier molecular flexibility index (Phi) is 6.23. The molecule has 7 nitrogen and oxygen atoms in total. The molecule has 152 valence electrons. The fourth-order valence-electron chi connectivity index (χ4n) is 2.90. The zero-order valence-electron chi connectivity index (χ0n) is 16.2. The Bertz CT molecular complexity index is 1120. The van der Waals surface area contributed by atoms with Crippen LogP contribution in [0.1, 0.15) is 11.1 Å². The Balaban J connectivity index is 2.05. The van der Waals surface area contributed by atoms with Crippen LogP contribution in [0.3, 0.4) is 0 Å². The molecular formula is C22H17BrN2O5. The highest BCUT2D eigenvalue weighted by molar-refractivity contribution is 9.10. The highest BCUT2D eigenvalue weighted by atomic mass is 79.9. The normalized spacial score (nSPS) is 15.1. The van der Waals surface area contributed by atoms with Crippen molar-refractivity contribution < 1.29 is 23.9 Å². The minimum absolute atomic E-state index is 0.0532. The highest BCUT2D eigenvalue weighted by Crippen LogP contribution is 2.35. The van der Waals surface area contributed by atoms with Gasteiger partial charge in [0.15, 0.2) is 11.5 Å². The highest BCUT2D eigenvalue weighted by Gasteiger charge is 2.37. The molecule has 8 heteroatoms. The lowest BCUT2D eigenvalue weighted by atomic mass is 10.1. The largest absolute Gasteiger partial charge is 0.493 e. The number of barbiturate groups is 1. The van der Waals surface area contributed by atoms with Crippen LogP contribution < -0.4 is 19.7 Å². The van der Waals surface area contributed by atoms with E-state index in [1.807, 2.05) is 0 Å². The van der Waals surface area contributed by atoms with Crippen LogP contribution in [0.25, 0.3) is 6.08 Å². The van der Waals surface area contributed by atoms with Crippen LogP contribution in [0.2, 0.25) is 0 Å². The molecule has 2 aromatic carbocycles. The predicted molar refractivity (Wildman–Crippen MR) is 115 cm³/mol. The van der Waals surface area contributed by atoms with Crippen molar-refractivity contribution in [2.24, 2.45) is 0 Å². The van der Waals surface area contributed by atoms with Crippen LogP contribution in [0.5, 0.6) is 11.5 Å². The molecule has 1 N–H and O–H groups in total. The summed E-state index contributed by atoms with van der Waals surface area (Å²) >= 11 is 3.40. The first kappa shape index (κ1) is 21.1. The molecule has 1 saturated heterocycles. The third-order valence-electron chi connectivity index (χ3n) is 4.35. The first-order valence-electron chi connectivity index (χ1n) is 8.78. The van der Waals surface area contributed by atoms with E-state index < -0.39 is 17.8 Å². The lowest BCUT2D eigenvalue weighted by Crippen LogP contribution is -2.54. The van der Waals surface area contributed by atoms with E-state index in [0.29, 0.717) is 32.8 Å². The lowest BCUT2D eigenvalue weighted by Gasteiger charge is -2.27. The second kappa shape index (κ2) is 8.84. The van der Waals surface area contributed by atoms with Gasteiger partial charge in [0.25, 0.3) is 11.8 Å². The third kappa shape index (κ3) is 4.07. The molecule has 1 heterocycles. The number of nitrogens with zero attached hydrogens (tertiary/aromatic N) is 1. The molecule has 0 atom stereocenters. The first-order valence-corrected chi connectivity index (χ1v) is 9.57.